The number of halogens is 11. The van der Waals surface area contributed by atoms with Gasteiger partial charge in [-0.2, -0.15) is 48.3 Å². The van der Waals surface area contributed by atoms with Crippen LogP contribution in [0.25, 0.3) is 0 Å². The van der Waals surface area contributed by atoms with Crippen molar-refractivity contribution in [1.29, 1.82) is 0 Å². The predicted molar refractivity (Wildman–Crippen MR) is 47.7 cm³/mol. The molecule has 1 aliphatic rings. The molecule has 13 heteroatoms. The first-order chi connectivity index (χ1) is 9.07. The highest BCUT2D eigenvalue weighted by atomic mass is 32.2. The maximum absolute atomic E-state index is 13.3. The fourth-order valence-corrected chi connectivity index (χ4v) is 3.14. The zero-order chi connectivity index (χ0) is 16.9. The number of ether oxygens (including phenoxy) is 1. The van der Waals surface area contributed by atoms with E-state index >= 15 is 0 Å². The Morgan fingerprint density at radius 3 is 1.48 bits per heavy atom. The summed E-state index contributed by atoms with van der Waals surface area (Å²) in [5, 5.41) is 0. The Bertz CT molecular complexity index is 361. The molecule has 1 saturated heterocycles. The van der Waals surface area contributed by atoms with Crippen molar-refractivity contribution in [1.82, 2.24) is 0 Å². The van der Waals surface area contributed by atoms with Crippen molar-refractivity contribution in [2.24, 2.45) is 5.92 Å². The van der Waals surface area contributed by atoms with E-state index in [0.29, 0.717) is 0 Å². The van der Waals surface area contributed by atoms with Crippen LogP contribution in [0.3, 0.4) is 0 Å². The van der Waals surface area contributed by atoms with Crippen LogP contribution < -0.4 is 0 Å². The second-order valence-corrected chi connectivity index (χ2v) is 5.26. The average Bonchev–Trinajstić information content (AvgIpc) is 2.61. The third kappa shape index (κ3) is 3.03. The molecule has 1 unspecified atom stereocenters. The van der Waals surface area contributed by atoms with Crippen molar-refractivity contribution in [3.63, 3.8) is 0 Å². The van der Waals surface area contributed by atoms with Crippen LogP contribution in [-0.2, 0) is 4.74 Å². The zero-order valence-corrected chi connectivity index (χ0v) is 10.3. The number of hydrogen-bond donors (Lipinski definition) is 0. The molecule has 1 aliphatic heterocycles. The summed E-state index contributed by atoms with van der Waals surface area (Å²) < 4.78 is 142. The zero-order valence-electron chi connectivity index (χ0n) is 9.47. The Hall–Kier alpha value is -0.460. The highest BCUT2D eigenvalue weighted by Crippen LogP contribution is 2.62. The Kier molecular flexibility index (Phi) is 4.45. The Morgan fingerprint density at radius 1 is 0.810 bits per heavy atom. The van der Waals surface area contributed by atoms with Gasteiger partial charge in [-0.15, -0.1) is 11.8 Å². The lowest BCUT2D eigenvalue weighted by molar-refractivity contribution is -0.385. The number of thioether (sulfide) groups is 1. The van der Waals surface area contributed by atoms with Crippen molar-refractivity contribution < 1.29 is 53.0 Å². The van der Waals surface area contributed by atoms with Gasteiger partial charge < -0.3 is 4.74 Å². The van der Waals surface area contributed by atoms with Gasteiger partial charge in [0.05, 0.1) is 6.61 Å². The quantitative estimate of drug-likeness (QED) is 0.678. The lowest BCUT2D eigenvalue weighted by Crippen LogP contribution is -2.65. The van der Waals surface area contributed by atoms with Crippen LogP contribution in [0.4, 0.5) is 48.3 Å². The standard InChI is InChI=1S/C8H5F11OS/c9-5(10,11)3(6(12,13)14)4(20-1-2-21-4)7(15,16)8(17,18)19/h3H,1-2H2. The largest absolute Gasteiger partial charge is 0.457 e. The molecule has 1 atom stereocenters. The van der Waals surface area contributed by atoms with E-state index in [4.69, 9.17) is 0 Å². The van der Waals surface area contributed by atoms with Crippen LogP contribution >= 0.6 is 11.8 Å². The van der Waals surface area contributed by atoms with Gasteiger partial charge in [-0.25, -0.2) is 0 Å². The topological polar surface area (TPSA) is 9.23 Å². The summed E-state index contributed by atoms with van der Waals surface area (Å²) in [6, 6.07) is 0. The highest BCUT2D eigenvalue weighted by Gasteiger charge is 2.83. The third-order valence-corrected chi connectivity index (χ3v) is 3.95. The fourth-order valence-electron chi connectivity index (χ4n) is 1.77. The minimum atomic E-state index is -6.64. The molecule has 0 amide bonds. The first kappa shape index (κ1) is 18.6. The SMILES string of the molecule is FC(F)(F)C(C(F)(F)F)C1(C(F)(F)C(F)(F)F)OCCS1. The van der Waals surface area contributed by atoms with Crippen LogP contribution in [0.15, 0.2) is 0 Å². The van der Waals surface area contributed by atoms with Crippen molar-refractivity contribution >= 4 is 11.8 Å². The molecule has 0 radical (unpaired) electrons. The molecule has 0 bridgehead atoms. The first-order valence-electron chi connectivity index (χ1n) is 4.93. The normalized spacial score (nSPS) is 25.7. The van der Waals surface area contributed by atoms with Crippen molar-refractivity contribution in [2.75, 3.05) is 12.4 Å². The van der Waals surface area contributed by atoms with Crippen molar-refractivity contribution in [3.8, 4) is 0 Å². The summed E-state index contributed by atoms with van der Waals surface area (Å²) in [4.78, 5) is -4.83. The summed E-state index contributed by atoms with van der Waals surface area (Å²) in [5.74, 6) is -12.2. The van der Waals surface area contributed by atoms with E-state index in [-0.39, 0.29) is 0 Å². The second-order valence-electron chi connectivity index (χ2n) is 3.95. The highest BCUT2D eigenvalue weighted by molar-refractivity contribution is 8.00. The van der Waals surface area contributed by atoms with E-state index < -0.39 is 59.4 Å². The van der Waals surface area contributed by atoms with Crippen LogP contribution in [-0.4, -0.2) is 41.7 Å². The van der Waals surface area contributed by atoms with Gasteiger partial charge in [-0.1, -0.05) is 0 Å². The molecule has 21 heavy (non-hydrogen) atoms. The van der Waals surface area contributed by atoms with Gasteiger partial charge in [0, 0.05) is 5.75 Å². The molecule has 0 aromatic heterocycles. The van der Waals surface area contributed by atoms with Gasteiger partial charge in [-0.3, -0.25) is 0 Å². The van der Waals surface area contributed by atoms with Crippen LogP contribution in [0, 0.1) is 5.92 Å². The van der Waals surface area contributed by atoms with Gasteiger partial charge in [0.15, 0.2) is 5.92 Å². The monoisotopic (exact) mass is 358 g/mol. The summed E-state index contributed by atoms with van der Waals surface area (Å²) in [6.45, 7) is -1.10. The Labute approximate surface area is 113 Å². The minimum Gasteiger partial charge on any atom is -0.356 e. The molecule has 1 rings (SSSR count). The predicted octanol–water partition coefficient (Wildman–Crippen LogP) is 4.38. The lowest BCUT2D eigenvalue weighted by Gasteiger charge is -2.42. The molecule has 0 spiro atoms. The van der Waals surface area contributed by atoms with Gasteiger partial charge in [0.25, 0.3) is 0 Å². The van der Waals surface area contributed by atoms with Gasteiger partial charge in [-0.05, 0) is 0 Å². The molecule has 0 saturated carbocycles. The molecule has 1 fully saturated rings. The van der Waals surface area contributed by atoms with Crippen molar-refractivity contribution in [2.45, 2.75) is 29.4 Å². The number of rotatable bonds is 2. The maximum atomic E-state index is 13.3. The summed E-state index contributed by atoms with van der Waals surface area (Å²) in [7, 11) is 0. The molecular weight excluding hydrogens is 353 g/mol. The van der Waals surface area contributed by atoms with E-state index in [1.54, 1.807) is 0 Å². The second kappa shape index (κ2) is 5.03. The van der Waals surface area contributed by atoms with Gasteiger partial charge in [0.2, 0.25) is 4.93 Å². The first-order valence-corrected chi connectivity index (χ1v) is 5.92. The average molecular weight is 358 g/mol. The summed E-state index contributed by atoms with van der Waals surface area (Å²) in [6.07, 6.45) is -19.4. The molecule has 0 aromatic rings. The van der Waals surface area contributed by atoms with E-state index in [1.165, 1.54) is 0 Å². The van der Waals surface area contributed by atoms with E-state index in [1.807, 2.05) is 0 Å². The van der Waals surface area contributed by atoms with Crippen LogP contribution in [0.5, 0.6) is 0 Å². The van der Waals surface area contributed by atoms with E-state index in [0.717, 1.165) is 0 Å². The van der Waals surface area contributed by atoms with Crippen molar-refractivity contribution in [3.05, 3.63) is 0 Å². The maximum Gasteiger partial charge on any atom is 0.457 e. The molecular formula is C8H5F11OS. The smallest absolute Gasteiger partial charge is 0.356 e. The molecule has 1 nitrogen and oxygen atoms in total. The van der Waals surface area contributed by atoms with Crippen LogP contribution in [0.1, 0.15) is 0 Å². The third-order valence-electron chi connectivity index (χ3n) is 2.54. The fraction of sp³-hybridized carbons (Fsp3) is 1.00. The summed E-state index contributed by atoms with van der Waals surface area (Å²) in [5.41, 5.74) is 0. The molecule has 0 aliphatic carbocycles. The molecule has 0 N–H and O–H groups in total. The summed E-state index contributed by atoms with van der Waals surface area (Å²) >= 11 is -0.847. The molecule has 126 valence electrons. The number of alkyl halides is 11. The Morgan fingerprint density at radius 2 is 1.24 bits per heavy atom. The number of hydrogen-bond acceptors (Lipinski definition) is 2. The van der Waals surface area contributed by atoms with Gasteiger partial charge in [0.1, 0.15) is 0 Å². The Balaban J connectivity index is 3.53. The molecule has 0 aromatic carbocycles. The lowest BCUT2D eigenvalue weighted by atomic mass is 9.93. The molecule has 1 heterocycles. The minimum absolute atomic E-state index is 0.847. The van der Waals surface area contributed by atoms with Gasteiger partial charge >= 0.3 is 24.5 Å². The van der Waals surface area contributed by atoms with E-state index in [9.17, 15) is 48.3 Å². The van der Waals surface area contributed by atoms with Crippen LogP contribution in [0.2, 0.25) is 0 Å². The van der Waals surface area contributed by atoms with E-state index in [2.05, 4.69) is 4.74 Å².